The maximum Gasteiger partial charge on any atom is 0.280 e. The molecule has 1 atom stereocenters. The molecule has 2 aliphatic rings. The van der Waals surface area contributed by atoms with Gasteiger partial charge in [-0.05, 0) is 31.9 Å². The molecule has 1 N–H and O–H groups in total. The lowest BCUT2D eigenvalue weighted by Crippen LogP contribution is -2.24. The zero-order valence-corrected chi connectivity index (χ0v) is 17.5. The molecule has 1 aliphatic heterocycles. The van der Waals surface area contributed by atoms with Gasteiger partial charge in [0.1, 0.15) is 4.21 Å². The largest absolute Gasteiger partial charge is 0.389 e. The number of ether oxygens (including phenoxy) is 1. The molecule has 0 bridgehead atoms. The molecule has 0 spiro atoms. The fraction of sp³-hybridized carbons (Fsp3) is 0.471. The standard InChI is InChI=1S/C17H19N3O5S3/c1-10-8-18-17(26-10)19-16(21)15(20-25-11-6-7-24-9-11)13-4-5-14(27-13)28(22,23)12-2-3-12/h4-5,8,11-12H,2-3,6-7,9H2,1H3,(H,18,19,21)/b20-15+/t11-/m1/s1. The van der Waals surface area contributed by atoms with Crippen molar-refractivity contribution >= 4 is 49.3 Å². The van der Waals surface area contributed by atoms with Crippen LogP contribution in [0.25, 0.3) is 0 Å². The molecule has 1 amide bonds. The third-order valence-corrected chi connectivity index (χ3v) is 9.00. The highest BCUT2D eigenvalue weighted by molar-refractivity contribution is 7.94. The molecule has 11 heteroatoms. The molecule has 0 aromatic carbocycles. The fourth-order valence-electron chi connectivity index (χ4n) is 2.63. The van der Waals surface area contributed by atoms with Gasteiger partial charge in [-0.15, -0.1) is 22.7 Å². The number of rotatable bonds is 7. The topological polar surface area (TPSA) is 107 Å². The summed E-state index contributed by atoms with van der Waals surface area (Å²) in [6, 6.07) is 3.13. The van der Waals surface area contributed by atoms with Gasteiger partial charge in [0.25, 0.3) is 5.91 Å². The predicted octanol–water partition coefficient (Wildman–Crippen LogP) is 2.60. The molecule has 8 nitrogen and oxygen atoms in total. The molecule has 2 fully saturated rings. The maximum absolute atomic E-state index is 12.8. The van der Waals surface area contributed by atoms with Crippen LogP contribution < -0.4 is 5.32 Å². The first kappa shape index (κ1) is 19.5. The number of hydrogen-bond acceptors (Lipinski definition) is 9. The molecule has 0 radical (unpaired) electrons. The Kier molecular flexibility index (Phi) is 5.50. The van der Waals surface area contributed by atoms with Gasteiger partial charge in [0.2, 0.25) is 0 Å². The number of amides is 1. The van der Waals surface area contributed by atoms with Crippen molar-refractivity contribution in [3.05, 3.63) is 28.1 Å². The fourth-order valence-corrected chi connectivity index (χ4v) is 6.49. The summed E-state index contributed by atoms with van der Waals surface area (Å²) in [6.45, 7) is 2.89. The molecule has 150 valence electrons. The number of carbonyl (C=O) groups is 1. The van der Waals surface area contributed by atoms with Gasteiger partial charge in [0.05, 0.1) is 23.3 Å². The Labute approximate surface area is 170 Å². The van der Waals surface area contributed by atoms with Crippen LogP contribution in [0.4, 0.5) is 5.13 Å². The number of carbonyl (C=O) groups excluding carboxylic acids is 1. The molecule has 1 saturated carbocycles. The van der Waals surface area contributed by atoms with Crippen molar-refractivity contribution in [3.8, 4) is 0 Å². The van der Waals surface area contributed by atoms with E-state index in [4.69, 9.17) is 9.57 Å². The number of oxime groups is 1. The molecule has 2 aromatic heterocycles. The van der Waals surface area contributed by atoms with Gasteiger partial charge in [-0.1, -0.05) is 5.16 Å². The van der Waals surface area contributed by atoms with E-state index in [2.05, 4.69) is 15.5 Å². The van der Waals surface area contributed by atoms with Gasteiger partial charge in [-0.25, -0.2) is 13.4 Å². The normalized spacial score (nSPS) is 20.3. The molecular weight excluding hydrogens is 422 g/mol. The SMILES string of the molecule is Cc1cnc(NC(=O)/C(=N/O[C@@H]2CCOC2)c2ccc(S(=O)(=O)C3CC3)s2)s1. The summed E-state index contributed by atoms with van der Waals surface area (Å²) >= 11 is 2.38. The number of thiophene rings is 1. The highest BCUT2D eigenvalue weighted by Gasteiger charge is 2.38. The van der Waals surface area contributed by atoms with E-state index in [1.54, 1.807) is 12.3 Å². The van der Waals surface area contributed by atoms with Crippen molar-refractivity contribution in [2.24, 2.45) is 5.16 Å². The number of nitrogens with one attached hydrogen (secondary N) is 1. The first-order valence-corrected chi connectivity index (χ1v) is 12.0. The first-order valence-electron chi connectivity index (χ1n) is 8.83. The Balaban J connectivity index is 1.59. The van der Waals surface area contributed by atoms with E-state index in [0.29, 0.717) is 42.5 Å². The average molecular weight is 442 g/mol. The number of anilines is 1. The summed E-state index contributed by atoms with van der Waals surface area (Å²) in [4.78, 5) is 23.8. The van der Waals surface area contributed by atoms with E-state index in [-0.39, 0.29) is 21.3 Å². The Bertz CT molecular complexity index is 1000. The van der Waals surface area contributed by atoms with Crippen LogP contribution in [0.5, 0.6) is 0 Å². The third-order valence-electron chi connectivity index (χ3n) is 4.30. The van der Waals surface area contributed by atoms with Crippen LogP contribution in [0.3, 0.4) is 0 Å². The summed E-state index contributed by atoms with van der Waals surface area (Å²) in [6.07, 6.45) is 3.50. The minimum Gasteiger partial charge on any atom is -0.389 e. The lowest BCUT2D eigenvalue weighted by molar-refractivity contribution is -0.110. The van der Waals surface area contributed by atoms with Crippen molar-refractivity contribution in [2.75, 3.05) is 18.5 Å². The zero-order chi connectivity index (χ0) is 19.7. The molecule has 1 saturated heterocycles. The van der Waals surface area contributed by atoms with E-state index >= 15 is 0 Å². The van der Waals surface area contributed by atoms with Crippen LogP contribution in [-0.2, 0) is 24.2 Å². The van der Waals surface area contributed by atoms with Crippen molar-refractivity contribution in [3.63, 3.8) is 0 Å². The van der Waals surface area contributed by atoms with Gasteiger partial charge < -0.3 is 9.57 Å². The zero-order valence-electron chi connectivity index (χ0n) is 15.1. The number of nitrogens with zero attached hydrogens (tertiary/aromatic N) is 2. The van der Waals surface area contributed by atoms with Crippen LogP contribution in [0.1, 0.15) is 29.0 Å². The maximum atomic E-state index is 12.8. The summed E-state index contributed by atoms with van der Waals surface area (Å²) in [7, 11) is -3.33. The third kappa shape index (κ3) is 4.27. The number of hydrogen-bond donors (Lipinski definition) is 1. The van der Waals surface area contributed by atoms with Crippen molar-refractivity contribution < 1.29 is 22.8 Å². The van der Waals surface area contributed by atoms with E-state index in [1.165, 1.54) is 17.4 Å². The van der Waals surface area contributed by atoms with E-state index < -0.39 is 15.7 Å². The quantitative estimate of drug-likeness (QED) is 0.523. The molecule has 28 heavy (non-hydrogen) atoms. The van der Waals surface area contributed by atoms with Crippen molar-refractivity contribution in [1.82, 2.24) is 4.98 Å². The number of sulfone groups is 1. The van der Waals surface area contributed by atoms with Crippen LogP contribution in [0, 0.1) is 6.92 Å². The second kappa shape index (κ2) is 7.90. The molecule has 0 unspecified atom stereocenters. The minimum absolute atomic E-state index is 0.0296. The van der Waals surface area contributed by atoms with Crippen LogP contribution >= 0.6 is 22.7 Å². The van der Waals surface area contributed by atoms with Gasteiger partial charge in [-0.2, -0.15) is 0 Å². The number of aryl methyl sites for hydroxylation is 1. The van der Waals surface area contributed by atoms with Crippen molar-refractivity contribution in [2.45, 2.75) is 41.7 Å². The van der Waals surface area contributed by atoms with E-state index in [9.17, 15) is 13.2 Å². The van der Waals surface area contributed by atoms with Crippen LogP contribution in [0.2, 0.25) is 0 Å². The minimum atomic E-state index is -3.33. The predicted molar refractivity (Wildman–Crippen MR) is 107 cm³/mol. The Morgan fingerprint density at radius 1 is 1.32 bits per heavy atom. The number of thiazole rings is 1. The van der Waals surface area contributed by atoms with Crippen molar-refractivity contribution in [1.29, 1.82) is 0 Å². The van der Waals surface area contributed by atoms with Gasteiger partial charge in [-0.3, -0.25) is 10.1 Å². The summed E-state index contributed by atoms with van der Waals surface area (Å²) in [5.74, 6) is -0.495. The molecule has 4 rings (SSSR count). The van der Waals surface area contributed by atoms with Gasteiger partial charge >= 0.3 is 0 Å². The summed E-state index contributed by atoms with van der Waals surface area (Å²) in [5, 5.41) is 6.89. The first-order chi connectivity index (χ1) is 13.4. The highest BCUT2D eigenvalue weighted by Crippen LogP contribution is 2.36. The monoisotopic (exact) mass is 441 g/mol. The molecular formula is C17H19N3O5S3. The average Bonchev–Trinajstić information content (AvgIpc) is 3.04. The molecule has 2 aromatic rings. The second-order valence-electron chi connectivity index (χ2n) is 6.62. The smallest absolute Gasteiger partial charge is 0.280 e. The Morgan fingerprint density at radius 2 is 2.14 bits per heavy atom. The Morgan fingerprint density at radius 3 is 2.79 bits per heavy atom. The molecule has 1 aliphatic carbocycles. The Hall–Kier alpha value is -1.82. The lowest BCUT2D eigenvalue weighted by atomic mass is 10.3. The highest BCUT2D eigenvalue weighted by atomic mass is 32.2. The van der Waals surface area contributed by atoms with Gasteiger partial charge in [0, 0.05) is 17.5 Å². The lowest BCUT2D eigenvalue weighted by Gasteiger charge is -2.08. The van der Waals surface area contributed by atoms with Crippen LogP contribution in [-0.4, -0.2) is 49.6 Å². The van der Waals surface area contributed by atoms with E-state index in [0.717, 1.165) is 16.2 Å². The van der Waals surface area contributed by atoms with Crippen LogP contribution in [0.15, 0.2) is 27.7 Å². The molecule has 3 heterocycles. The number of aromatic nitrogens is 1. The van der Waals surface area contributed by atoms with Gasteiger partial charge in [0.15, 0.2) is 26.8 Å². The summed E-state index contributed by atoms with van der Waals surface area (Å²) in [5.41, 5.74) is 0.0296. The summed E-state index contributed by atoms with van der Waals surface area (Å²) < 4.78 is 30.5. The second-order valence-corrected chi connectivity index (χ2v) is 11.4. The van der Waals surface area contributed by atoms with E-state index in [1.807, 2.05) is 6.92 Å².